The molecule has 1 saturated heterocycles. The number of likely N-dealkylation sites (tertiary alicyclic amines) is 1. The first kappa shape index (κ1) is 16.2. The molecule has 1 aliphatic heterocycles. The molecule has 0 bridgehead atoms. The van der Waals surface area contributed by atoms with E-state index in [1.54, 1.807) is 18.4 Å². The van der Waals surface area contributed by atoms with Crippen LogP contribution in [-0.4, -0.2) is 31.6 Å². The van der Waals surface area contributed by atoms with Gasteiger partial charge in [-0.25, -0.2) is 0 Å². The third-order valence-corrected chi connectivity index (χ3v) is 5.33. The fraction of sp³-hybridized carbons (Fsp3) is 0.667. The van der Waals surface area contributed by atoms with E-state index in [0.29, 0.717) is 5.41 Å². The number of nitrogens with two attached hydrogens (primary N) is 1. The van der Waals surface area contributed by atoms with Gasteiger partial charge in [0.1, 0.15) is 0 Å². The van der Waals surface area contributed by atoms with Crippen LogP contribution in [0.25, 0.3) is 0 Å². The average molecular weight is 356 g/mol. The lowest BCUT2D eigenvalue weighted by molar-refractivity contribution is 0.276. The molecule has 1 aromatic heterocycles. The smallest absolute Gasteiger partial charge is 0.188 e. The summed E-state index contributed by atoms with van der Waals surface area (Å²) in [6.45, 7) is 6.30. The number of methoxy groups -OCH3 is 1. The monoisotopic (exact) mass is 354 g/mol. The van der Waals surface area contributed by atoms with E-state index in [0.717, 1.165) is 35.7 Å². The Morgan fingerprint density at radius 3 is 2.83 bits per heavy atom. The maximum Gasteiger partial charge on any atom is 0.188 e. The number of halogens is 2. The van der Waals surface area contributed by atoms with Crippen molar-refractivity contribution in [2.75, 3.05) is 26.7 Å². The topological polar surface area (TPSA) is 38.5 Å². The summed E-state index contributed by atoms with van der Waals surface area (Å²) in [5.74, 6) is 0. The van der Waals surface area contributed by atoms with Gasteiger partial charge in [0.05, 0.1) is 11.6 Å². The Balaban J connectivity index is 0.00000162. The van der Waals surface area contributed by atoms with Crippen molar-refractivity contribution in [2.45, 2.75) is 19.9 Å². The van der Waals surface area contributed by atoms with Crippen LogP contribution >= 0.6 is 39.7 Å². The maximum atomic E-state index is 5.82. The standard InChI is InChI=1S/C12H19BrN2OS.ClH/c1-12(7-14)3-4-15(8-12)6-9-5-10(13)11(16-2)17-9;/h5H,3-4,6-8,14H2,1-2H3;1H. The van der Waals surface area contributed by atoms with Gasteiger partial charge in [-0.2, -0.15) is 0 Å². The lowest BCUT2D eigenvalue weighted by Gasteiger charge is -2.22. The Hall–Kier alpha value is 0.190. The summed E-state index contributed by atoms with van der Waals surface area (Å²) in [6, 6.07) is 2.15. The van der Waals surface area contributed by atoms with Crippen LogP contribution in [0.1, 0.15) is 18.2 Å². The fourth-order valence-electron chi connectivity index (χ4n) is 2.26. The summed E-state index contributed by atoms with van der Waals surface area (Å²) >= 11 is 5.22. The molecule has 0 saturated carbocycles. The molecule has 2 rings (SSSR count). The molecule has 2 heterocycles. The van der Waals surface area contributed by atoms with E-state index in [4.69, 9.17) is 10.5 Å². The molecular weight excluding hydrogens is 336 g/mol. The molecule has 1 atom stereocenters. The number of ether oxygens (including phenoxy) is 1. The average Bonchev–Trinajstić information content (AvgIpc) is 2.84. The molecule has 1 unspecified atom stereocenters. The van der Waals surface area contributed by atoms with Gasteiger partial charge < -0.3 is 10.5 Å². The molecule has 3 nitrogen and oxygen atoms in total. The van der Waals surface area contributed by atoms with Crippen LogP contribution in [0.4, 0.5) is 0 Å². The van der Waals surface area contributed by atoms with Gasteiger partial charge in [-0.15, -0.1) is 23.7 Å². The highest BCUT2D eigenvalue weighted by Crippen LogP contribution is 2.37. The maximum absolute atomic E-state index is 5.82. The molecule has 1 aromatic rings. The highest BCUT2D eigenvalue weighted by Gasteiger charge is 2.32. The van der Waals surface area contributed by atoms with Gasteiger partial charge in [-0.05, 0) is 46.9 Å². The first-order valence-electron chi connectivity index (χ1n) is 5.81. The quantitative estimate of drug-likeness (QED) is 0.902. The van der Waals surface area contributed by atoms with Gasteiger partial charge in [0.2, 0.25) is 0 Å². The van der Waals surface area contributed by atoms with E-state index >= 15 is 0 Å². The number of hydrogen-bond acceptors (Lipinski definition) is 4. The molecule has 104 valence electrons. The zero-order chi connectivity index (χ0) is 12.5. The van der Waals surface area contributed by atoms with Crippen molar-refractivity contribution in [1.82, 2.24) is 4.90 Å². The molecule has 0 aliphatic carbocycles. The Morgan fingerprint density at radius 1 is 1.61 bits per heavy atom. The number of nitrogens with zero attached hydrogens (tertiary/aromatic N) is 1. The van der Waals surface area contributed by atoms with Crippen molar-refractivity contribution in [1.29, 1.82) is 0 Å². The molecule has 0 aromatic carbocycles. The SMILES string of the molecule is COc1sc(CN2CCC(C)(CN)C2)cc1Br.Cl. The predicted molar refractivity (Wildman–Crippen MR) is 82.9 cm³/mol. The van der Waals surface area contributed by atoms with Gasteiger partial charge >= 0.3 is 0 Å². The van der Waals surface area contributed by atoms with E-state index in [9.17, 15) is 0 Å². The van der Waals surface area contributed by atoms with Crippen LogP contribution < -0.4 is 10.5 Å². The number of thiophene rings is 1. The molecule has 1 fully saturated rings. The van der Waals surface area contributed by atoms with Crippen molar-refractivity contribution >= 4 is 39.7 Å². The minimum absolute atomic E-state index is 0. The zero-order valence-electron chi connectivity index (χ0n) is 10.7. The summed E-state index contributed by atoms with van der Waals surface area (Å²) in [7, 11) is 1.71. The molecule has 2 N–H and O–H groups in total. The summed E-state index contributed by atoms with van der Waals surface area (Å²) in [5, 5.41) is 0.959. The van der Waals surface area contributed by atoms with Crippen LogP contribution in [0.5, 0.6) is 5.06 Å². The van der Waals surface area contributed by atoms with Crippen LogP contribution in [0.2, 0.25) is 0 Å². The summed E-state index contributed by atoms with van der Waals surface area (Å²) in [5.41, 5.74) is 6.13. The number of rotatable bonds is 4. The zero-order valence-corrected chi connectivity index (χ0v) is 14.0. The summed E-state index contributed by atoms with van der Waals surface area (Å²) in [6.07, 6.45) is 1.20. The van der Waals surface area contributed by atoms with Crippen LogP contribution in [-0.2, 0) is 6.54 Å². The van der Waals surface area contributed by atoms with Crippen LogP contribution in [0.3, 0.4) is 0 Å². The minimum atomic E-state index is 0. The Kier molecular flexibility index (Phi) is 5.93. The van der Waals surface area contributed by atoms with Gasteiger partial charge in [-0.1, -0.05) is 6.92 Å². The first-order chi connectivity index (χ1) is 8.06. The van der Waals surface area contributed by atoms with Crippen LogP contribution in [0, 0.1) is 5.41 Å². The normalized spacial score (nSPS) is 24.0. The highest BCUT2D eigenvalue weighted by molar-refractivity contribution is 9.10. The lowest BCUT2D eigenvalue weighted by atomic mass is 9.90. The molecule has 0 spiro atoms. The van der Waals surface area contributed by atoms with Crippen molar-refractivity contribution in [3.05, 3.63) is 15.4 Å². The van der Waals surface area contributed by atoms with Gasteiger partial charge in [0.15, 0.2) is 5.06 Å². The minimum Gasteiger partial charge on any atom is -0.486 e. The summed E-state index contributed by atoms with van der Waals surface area (Å²) in [4.78, 5) is 3.82. The third-order valence-electron chi connectivity index (χ3n) is 3.40. The molecule has 1 aliphatic rings. The second-order valence-electron chi connectivity index (χ2n) is 5.03. The Bertz CT molecular complexity index is 401. The van der Waals surface area contributed by atoms with Gasteiger partial charge in [0.25, 0.3) is 0 Å². The van der Waals surface area contributed by atoms with Gasteiger partial charge in [-0.3, -0.25) is 4.90 Å². The summed E-state index contributed by atoms with van der Waals surface area (Å²) < 4.78 is 6.34. The second-order valence-corrected chi connectivity index (χ2v) is 6.98. The fourth-order valence-corrected chi connectivity index (χ4v) is 4.00. The van der Waals surface area contributed by atoms with E-state index in [1.165, 1.54) is 11.3 Å². The largest absolute Gasteiger partial charge is 0.486 e. The van der Waals surface area contributed by atoms with Crippen molar-refractivity contribution < 1.29 is 4.74 Å². The first-order valence-corrected chi connectivity index (χ1v) is 7.42. The van der Waals surface area contributed by atoms with E-state index in [1.807, 2.05) is 0 Å². The van der Waals surface area contributed by atoms with Crippen molar-refractivity contribution in [3.63, 3.8) is 0 Å². The highest BCUT2D eigenvalue weighted by atomic mass is 79.9. The Labute approximate surface area is 127 Å². The van der Waals surface area contributed by atoms with E-state index in [2.05, 4.69) is 33.8 Å². The van der Waals surface area contributed by atoms with Gasteiger partial charge in [0, 0.05) is 18.0 Å². The van der Waals surface area contributed by atoms with Crippen molar-refractivity contribution in [2.24, 2.45) is 11.1 Å². The molecule has 0 amide bonds. The Morgan fingerprint density at radius 2 is 2.33 bits per heavy atom. The third kappa shape index (κ3) is 3.61. The van der Waals surface area contributed by atoms with E-state index < -0.39 is 0 Å². The molecule has 18 heavy (non-hydrogen) atoms. The second kappa shape index (κ2) is 6.57. The molecule has 6 heteroatoms. The molecular formula is C12H20BrClN2OS. The lowest BCUT2D eigenvalue weighted by Crippen LogP contribution is -2.30. The number of hydrogen-bond donors (Lipinski definition) is 1. The van der Waals surface area contributed by atoms with E-state index in [-0.39, 0.29) is 12.4 Å². The van der Waals surface area contributed by atoms with Crippen LogP contribution in [0.15, 0.2) is 10.5 Å². The molecule has 0 radical (unpaired) electrons. The predicted octanol–water partition coefficient (Wildman–Crippen LogP) is 3.11. The van der Waals surface area contributed by atoms with Crippen molar-refractivity contribution in [3.8, 4) is 5.06 Å².